The smallest absolute Gasteiger partial charge is 0.306 e. The molecule has 0 aromatic carbocycles. The number of allylic oxidation sites excluding steroid dienone is 16. The second-order valence-electron chi connectivity index (χ2n) is 18.1. The molecule has 6 nitrogen and oxygen atoms in total. The standard InChI is InChI=1S/C61H102O6/c1-4-7-10-13-16-19-22-25-28-31-34-36-39-42-45-48-51-54-60(63)66-57-58(67-61(64)55-52-49-46-43-40-37-33-30-27-24-21-18-15-12-9-6-3)56-65-59(62)53-50-47-44-41-38-35-32-29-26-23-20-17-14-11-8-5-2/h8-9,11-12,17-18,20-21,25-30,37,40,58H,4-7,10,13-16,19,22-24,31-36,38-39,41-57H2,1-3H3/b11-8-,12-9-,20-17-,21-18-,28-25-,29-26-,30-27-,40-37-. The first-order valence-electron chi connectivity index (χ1n) is 27.7. The molecule has 0 fully saturated rings. The number of carbonyl (C=O) groups is 3. The molecule has 67 heavy (non-hydrogen) atoms. The third-order valence-corrected chi connectivity index (χ3v) is 11.6. The molecule has 0 spiro atoms. The SMILES string of the molecule is CC/C=C\C/C=C\C/C=C\C/C=C\CCCCCC(=O)OC(COC(=O)CCCCCCCC/C=C\C/C=C\C/C=C\CC)COC(=O)CCCCCCCCC/C=C\CCCCCCCC. The number of unbranched alkanes of at least 4 members (excludes halogenated alkanes) is 22. The zero-order valence-corrected chi connectivity index (χ0v) is 43.6. The first-order chi connectivity index (χ1) is 33.0. The van der Waals surface area contributed by atoms with Gasteiger partial charge in [0, 0.05) is 19.3 Å². The van der Waals surface area contributed by atoms with Gasteiger partial charge >= 0.3 is 17.9 Å². The van der Waals surface area contributed by atoms with Crippen LogP contribution in [-0.4, -0.2) is 37.2 Å². The van der Waals surface area contributed by atoms with Crippen LogP contribution in [0.15, 0.2) is 97.2 Å². The number of esters is 3. The van der Waals surface area contributed by atoms with Gasteiger partial charge in [0.15, 0.2) is 6.10 Å². The van der Waals surface area contributed by atoms with Gasteiger partial charge < -0.3 is 14.2 Å². The lowest BCUT2D eigenvalue weighted by atomic mass is 10.1. The quantitative estimate of drug-likeness (QED) is 0.0262. The van der Waals surface area contributed by atoms with Crippen molar-refractivity contribution in [1.29, 1.82) is 0 Å². The summed E-state index contributed by atoms with van der Waals surface area (Å²) in [4.78, 5) is 38.1. The fourth-order valence-corrected chi connectivity index (χ4v) is 7.44. The first-order valence-corrected chi connectivity index (χ1v) is 27.7. The Morgan fingerprint density at radius 3 is 0.940 bits per heavy atom. The van der Waals surface area contributed by atoms with Crippen molar-refractivity contribution in [2.75, 3.05) is 13.2 Å². The van der Waals surface area contributed by atoms with Gasteiger partial charge in [0.1, 0.15) is 13.2 Å². The maximum atomic E-state index is 12.8. The summed E-state index contributed by atoms with van der Waals surface area (Å²) in [7, 11) is 0. The summed E-state index contributed by atoms with van der Waals surface area (Å²) >= 11 is 0. The molecule has 0 radical (unpaired) electrons. The Morgan fingerprint density at radius 1 is 0.313 bits per heavy atom. The lowest BCUT2D eigenvalue weighted by Gasteiger charge is -2.18. The van der Waals surface area contributed by atoms with Crippen LogP contribution in [0.3, 0.4) is 0 Å². The Labute approximate surface area is 413 Å². The van der Waals surface area contributed by atoms with E-state index in [0.717, 1.165) is 122 Å². The van der Waals surface area contributed by atoms with E-state index in [0.29, 0.717) is 12.8 Å². The van der Waals surface area contributed by atoms with E-state index in [4.69, 9.17) is 14.2 Å². The fraction of sp³-hybridized carbons (Fsp3) is 0.689. The average molecular weight is 931 g/mol. The van der Waals surface area contributed by atoms with Gasteiger partial charge in [-0.3, -0.25) is 14.4 Å². The molecule has 382 valence electrons. The van der Waals surface area contributed by atoms with Gasteiger partial charge in [-0.15, -0.1) is 0 Å². The van der Waals surface area contributed by atoms with E-state index in [9.17, 15) is 14.4 Å². The topological polar surface area (TPSA) is 78.9 Å². The van der Waals surface area contributed by atoms with E-state index in [1.165, 1.54) is 89.9 Å². The van der Waals surface area contributed by atoms with Gasteiger partial charge in [-0.05, 0) is 116 Å². The molecule has 0 aliphatic carbocycles. The summed E-state index contributed by atoms with van der Waals surface area (Å²) in [6, 6.07) is 0. The molecule has 6 heteroatoms. The average Bonchev–Trinajstić information content (AvgIpc) is 3.33. The summed E-state index contributed by atoms with van der Waals surface area (Å²) in [5, 5.41) is 0. The molecule has 0 bridgehead atoms. The van der Waals surface area contributed by atoms with Crippen molar-refractivity contribution in [3.63, 3.8) is 0 Å². The monoisotopic (exact) mass is 931 g/mol. The molecule has 0 saturated heterocycles. The molecule has 0 N–H and O–H groups in total. The van der Waals surface area contributed by atoms with Crippen LogP contribution in [0.2, 0.25) is 0 Å². The van der Waals surface area contributed by atoms with Crippen LogP contribution in [0.1, 0.15) is 252 Å². The molecule has 0 aromatic heterocycles. The minimum absolute atomic E-state index is 0.0976. The molecular formula is C61H102O6. The summed E-state index contributed by atoms with van der Waals surface area (Å²) in [6.45, 7) is 6.37. The Morgan fingerprint density at radius 2 is 0.582 bits per heavy atom. The van der Waals surface area contributed by atoms with Crippen molar-refractivity contribution in [3.05, 3.63) is 97.2 Å². The molecule has 0 rings (SSSR count). The largest absolute Gasteiger partial charge is 0.462 e. The first kappa shape index (κ1) is 63.3. The van der Waals surface area contributed by atoms with Gasteiger partial charge in [0.25, 0.3) is 0 Å². The molecule has 0 saturated carbocycles. The van der Waals surface area contributed by atoms with Crippen LogP contribution in [0.4, 0.5) is 0 Å². The van der Waals surface area contributed by atoms with Crippen molar-refractivity contribution >= 4 is 17.9 Å². The lowest BCUT2D eigenvalue weighted by Crippen LogP contribution is -2.30. The second kappa shape index (κ2) is 54.9. The summed E-state index contributed by atoms with van der Waals surface area (Å²) < 4.78 is 16.8. The molecule has 0 aromatic rings. The van der Waals surface area contributed by atoms with Crippen LogP contribution < -0.4 is 0 Å². The fourth-order valence-electron chi connectivity index (χ4n) is 7.44. The highest BCUT2D eigenvalue weighted by molar-refractivity contribution is 5.71. The predicted octanol–water partition coefficient (Wildman–Crippen LogP) is 18.5. The van der Waals surface area contributed by atoms with Crippen molar-refractivity contribution in [2.45, 2.75) is 258 Å². The minimum atomic E-state index is -0.803. The Bertz CT molecular complexity index is 1350. The number of hydrogen-bond donors (Lipinski definition) is 0. The maximum Gasteiger partial charge on any atom is 0.306 e. The van der Waals surface area contributed by atoms with Gasteiger partial charge in [-0.2, -0.15) is 0 Å². The predicted molar refractivity (Wildman–Crippen MR) is 288 cm³/mol. The van der Waals surface area contributed by atoms with Crippen LogP contribution in [0, 0.1) is 0 Å². The normalized spacial score (nSPS) is 12.8. The molecular weight excluding hydrogens is 829 g/mol. The van der Waals surface area contributed by atoms with Crippen molar-refractivity contribution in [3.8, 4) is 0 Å². The minimum Gasteiger partial charge on any atom is -0.462 e. The van der Waals surface area contributed by atoms with E-state index in [2.05, 4.69) is 118 Å². The number of rotatable bonds is 49. The highest BCUT2D eigenvalue weighted by Gasteiger charge is 2.19. The summed E-state index contributed by atoms with van der Waals surface area (Å²) in [5.41, 5.74) is 0. The van der Waals surface area contributed by atoms with Crippen LogP contribution in [0.5, 0.6) is 0 Å². The highest BCUT2D eigenvalue weighted by atomic mass is 16.6. The maximum absolute atomic E-state index is 12.8. The van der Waals surface area contributed by atoms with Gasteiger partial charge in [0.2, 0.25) is 0 Å². The Balaban J connectivity index is 4.47. The van der Waals surface area contributed by atoms with Crippen LogP contribution >= 0.6 is 0 Å². The van der Waals surface area contributed by atoms with E-state index >= 15 is 0 Å². The van der Waals surface area contributed by atoms with E-state index in [1.807, 2.05) is 0 Å². The van der Waals surface area contributed by atoms with Gasteiger partial charge in [0.05, 0.1) is 0 Å². The molecule has 1 atom stereocenters. The summed E-state index contributed by atoms with van der Waals surface area (Å²) in [5.74, 6) is -0.945. The molecule has 0 amide bonds. The van der Waals surface area contributed by atoms with Crippen LogP contribution in [0.25, 0.3) is 0 Å². The molecule has 0 heterocycles. The number of hydrogen-bond acceptors (Lipinski definition) is 6. The summed E-state index contributed by atoms with van der Waals surface area (Å²) in [6.07, 6.45) is 72.5. The Kier molecular flexibility index (Phi) is 51.9. The van der Waals surface area contributed by atoms with Crippen molar-refractivity contribution < 1.29 is 28.6 Å². The van der Waals surface area contributed by atoms with Crippen molar-refractivity contribution in [1.82, 2.24) is 0 Å². The Hall–Kier alpha value is -3.67. The molecule has 0 aliphatic rings. The molecule has 1 unspecified atom stereocenters. The highest BCUT2D eigenvalue weighted by Crippen LogP contribution is 2.14. The van der Waals surface area contributed by atoms with Gasteiger partial charge in [-0.25, -0.2) is 0 Å². The van der Waals surface area contributed by atoms with E-state index < -0.39 is 6.10 Å². The third kappa shape index (κ3) is 53.2. The lowest BCUT2D eigenvalue weighted by molar-refractivity contribution is -0.167. The van der Waals surface area contributed by atoms with Crippen LogP contribution in [-0.2, 0) is 28.6 Å². The zero-order chi connectivity index (χ0) is 48.6. The second-order valence-corrected chi connectivity index (χ2v) is 18.1. The van der Waals surface area contributed by atoms with E-state index in [-0.39, 0.29) is 37.5 Å². The van der Waals surface area contributed by atoms with E-state index in [1.54, 1.807) is 0 Å². The number of ether oxygens (including phenoxy) is 3. The van der Waals surface area contributed by atoms with Gasteiger partial charge in [-0.1, -0.05) is 214 Å². The third-order valence-electron chi connectivity index (χ3n) is 11.6. The zero-order valence-electron chi connectivity index (χ0n) is 43.6. The van der Waals surface area contributed by atoms with Crippen molar-refractivity contribution in [2.24, 2.45) is 0 Å². The number of carbonyl (C=O) groups excluding carboxylic acids is 3. The molecule has 0 aliphatic heterocycles.